The average Bonchev–Trinajstić information content (AvgIpc) is 2.55. The molecule has 0 bridgehead atoms. The number of carbonyl (C=O) groups excluding carboxylic acids is 1. The van der Waals surface area contributed by atoms with Crippen LogP contribution in [0.3, 0.4) is 0 Å². The van der Waals surface area contributed by atoms with Gasteiger partial charge in [-0.2, -0.15) is 0 Å². The number of anilines is 1. The molecule has 4 heteroatoms. The minimum Gasteiger partial charge on any atom is -0.490 e. The van der Waals surface area contributed by atoms with E-state index in [9.17, 15) is 4.79 Å². The Bertz CT molecular complexity index is 755. The molecule has 1 atom stereocenters. The fourth-order valence-corrected chi connectivity index (χ4v) is 3.19. The molecule has 1 heterocycles. The number of benzene rings is 2. The number of carbonyl (C=O) groups is 1. The van der Waals surface area contributed by atoms with E-state index in [2.05, 4.69) is 30.4 Å². The van der Waals surface area contributed by atoms with E-state index in [-0.39, 0.29) is 11.8 Å². The Labute approximate surface area is 142 Å². The van der Waals surface area contributed by atoms with Crippen LogP contribution in [0.1, 0.15) is 42.9 Å². The molecule has 0 aliphatic carbocycles. The van der Waals surface area contributed by atoms with Crippen molar-refractivity contribution in [3.63, 3.8) is 0 Å². The molecular weight excluding hydrogens is 302 g/mol. The molecule has 0 saturated carbocycles. The van der Waals surface area contributed by atoms with E-state index in [4.69, 9.17) is 9.47 Å². The Hall–Kier alpha value is -2.49. The first-order valence-electron chi connectivity index (χ1n) is 8.42. The van der Waals surface area contributed by atoms with Gasteiger partial charge in [0.25, 0.3) is 0 Å². The first kappa shape index (κ1) is 16.4. The molecule has 1 N–H and O–H groups in total. The van der Waals surface area contributed by atoms with Crippen LogP contribution in [-0.4, -0.2) is 19.1 Å². The summed E-state index contributed by atoms with van der Waals surface area (Å²) >= 11 is 0. The number of hydrogen-bond donors (Lipinski definition) is 1. The second-order valence-corrected chi connectivity index (χ2v) is 5.97. The van der Waals surface area contributed by atoms with Crippen LogP contribution in [-0.2, 0) is 4.79 Å². The van der Waals surface area contributed by atoms with Crippen LogP contribution in [0.5, 0.6) is 11.5 Å². The predicted octanol–water partition coefficient (Wildman–Crippen LogP) is 4.27. The lowest BCUT2D eigenvalue weighted by atomic mass is 9.84. The van der Waals surface area contributed by atoms with Gasteiger partial charge in [0.2, 0.25) is 5.91 Å². The third-order valence-corrected chi connectivity index (χ3v) is 4.20. The molecule has 1 aliphatic heterocycles. The SMILES string of the molecule is CCOc1cc2c(cc1OCC)C(c1cccc(C)c1)CC(=O)N2. The van der Waals surface area contributed by atoms with Crippen molar-refractivity contribution in [2.45, 2.75) is 33.1 Å². The summed E-state index contributed by atoms with van der Waals surface area (Å²) in [5.74, 6) is 1.46. The molecule has 2 aromatic carbocycles. The Morgan fingerprint density at radius 2 is 1.79 bits per heavy atom. The lowest BCUT2D eigenvalue weighted by Crippen LogP contribution is -2.23. The van der Waals surface area contributed by atoms with E-state index in [1.165, 1.54) is 5.56 Å². The molecule has 0 saturated heterocycles. The van der Waals surface area contributed by atoms with Gasteiger partial charge in [0.1, 0.15) is 0 Å². The molecule has 4 nitrogen and oxygen atoms in total. The van der Waals surface area contributed by atoms with Crippen molar-refractivity contribution in [1.82, 2.24) is 0 Å². The van der Waals surface area contributed by atoms with Gasteiger partial charge < -0.3 is 14.8 Å². The van der Waals surface area contributed by atoms with Gasteiger partial charge in [-0.3, -0.25) is 4.79 Å². The van der Waals surface area contributed by atoms with Gasteiger partial charge in [0.15, 0.2) is 11.5 Å². The maximum absolute atomic E-state index is 12.2. The topological polar surface area (TPSA) is 47.6 Å². The second-order valence-electron chi connectivity index (χ2n) is 5.97. The third kappa shape index (κ3) is 3.23. The van der Waals surface area contributed by atoms with Gasteiger partial charge in [-0.05, 0) is 38.0 Å². The third-order valence-electron chi connectivity index (χ3n) is 4.20. The van der Waals surface area contributed by atoms with Crippen LogP contribution in [0.15, 0.2) is 36.4 Å². The van der Waals surface area contributed by atoms with E-state index < -0.39 is 0 Å². The molecule has 0 radical (unpaired) electrons. The fraction of sp³-hybridized carbons (Fsp3) is 0.350. The number of nitrogens with one attached hydrogen (secondary N) is 1. The Morgan fingerprint density at radius 1 is 1.08 bits per heavy atom. The van der Waals surface area contributed by atoms with Crippen LogP contribution in [0.2, 0.25) is 0 Å². The van der Waals surface area contributed by atoms with E-state index >= 15 is 0 Å². The fourth-order valence-electron chi connectivity index (χ4n) is 3.19. The zero-order valence-electron chi connectivity index (χ0n) is 14.4. The summed E-state index contributed by atoms with van der Waals surface area (Å²) in [5.41, 5.74) is 4.23. The van der Waals surface area contributed by atoms with Gasteiger partial charge >= 0.3 is 0 Å². The first-order chi connectivity index (χ1) is 11.6. The number of amides is 1. The minimum atomic E-state index is 0.0283. The monoisotopic (exact) mass is 325 g/mol. The van der Waals surface area contributed by atoms with Gasteiger partial charge in [0.05, 0.1) is 13.2 Å². The van der Waals surface area contributed by atoms with E-state index in [1.807, 2.05) is 32.0 Å². The highest BCUT2D eigenvalue weighted by Gasteiger charge is 2.28. The summed E-state index contributed by atoms with van der Waals surface area (Å²) in [6.45, 7) is 7.07. The molecule has 24 heavy (non-hydrogen) atoms. The summed E-state index contributed by atoms with van der Waals surface area (Å²) in [7, 11) is 0. The number of ether oxygens (including phenoxy) is 2. The zero-order chi connectivity index (χ0) is 17.1. The Balaban J connectivity index is 2.10. The number of fused-ring (bicyclic) bond motifs is 1. The molecule has 0 fully saturated rings. The maximum Gasteiger partial charge on any atom is 0.225 e. The van der Waals surface area contributed by atoms with Crippen molar-refractivity contribution >= 4 is 11.6 Å². The van der Waals surface area contributed by atoms with E-state index in [1.54, 1.807) is 0 Å². The van der Waals surface area contributed by atoms with Crippen LogP contribution >= 0.6 is 0 Å². The largest absolute Gasteiger partial charge is 0.490 e. The Kier molecular flexibility index (Phi) is 4.74. The molecule has 1 unspecified atom stereocenters. The average molecular weight is 325 g/mol. The number of aryl methyl sites for hydroxylation is 1. The first-order valence-corrected chi connectivity index (χ1v) is 8.42. The summed E-state index contributed by atoms with van der Waals surface area (Å²) in [5, 5.41) is 2.97. The molecule has 1 aliphatic rings. The van der Waals surface area contributed by atoms with E-state index in [0.29, 0.717) is 25.4 Å². The van der Waals surface area contributed by atoms with Crippen LogP contribution < -0.4 is 14.8 Å². The molecular formula is C20H23NO3. The summed E-state index contributed by atoms with van der Waals surface area (Å²) in [6, 6.07) is 12.2. The lowest BCUT2D eigenvalue weighted by molar-refractivity contribution is -0.116. The minimum absolute atomic E-state index is 0.0283. The second kappa shape index (κ2) is 6.95. The van der Waals surface area contributed by atoms with Crippen molar-refractivity contribution in [3.8, 4) is 11.5 Å². The van der Waals surface area contributed by atoms with Crippen LogP contribution in [0.4, 0.5) is 5.69 Å². The molecule has 0 spiro atoms. The highest BCUT2D eigenvalue weighted by atomic mass is 16.5. The van der Waals surface area contributed by atoms with Crippen molar-refractivity contribution in [2.75, 3.05) is 18.5 Å². The summed E-state index contributed by atoms with van der Waals surface area (Å²) in [6.07, 6.45) is 0.440. The zero-order valence-corrected chi connectivity index (χ0v) is 14.4. The highest BCUT2D eigenvalue weighted by molar-refractivity contribution is 5.96. The quantitative estimate of drug-likeness (QED) is 0.893. The molecule has 2 aromatic rings. The predicted molar refractivity (Wildman–Crippen MR) is 95.0 cm³/mol. The van der Waals surface area contributed by atoms with Crippen LogP contribution in [0, 0.1) is 6.92 Å². The maximum atomic E-state index is 12.2. The lowest BCUT2D eigenvalue weighted by Gasteiger charge is -2.27. The van der Waals surface area contributed by atoms with Gasteiger partial charge in [-0.25, -0.2) is 0 Å². The molecule has 0 aromatic heterocycles. The van der Waals surface area contributed by atoms with Crippen molar-refractivity contribution < 1.29 is 14.3 Å². The smallest absolute Gasteiger partial charge is 0.225 e. The van der Waals surface area contributed by atoms with Crippen molar-refractivity contribution in [2.24, 2.45) is 0 Å². The number of hydrogen-bond acceptors (Lipinski definition) is 3. The molecule has 1 amide bonds. The van der Waals surface area contributed by atoms with Gasteiger partial charge in [-0.15, -0.1) is 0 Å². The molecule has 3 rings (SSSR count). The Morgan fingerprint density at radius 3 is 2.46 bits per heavy atom. The van der Waals surface area contributed by atoms with Gasteiger partial charge in [-0.1, -0.05) is 29.8 Å². The summed E-state index contributed by atoms with van der Waals surface area (Å²) in [4.78, 5) is 12.2. The summed E-state index contributed by atoms with van der Waals surface area (Å²) < 4.78 is 11.4. The van der Waals surface area contributed by atoms with Gasteiger partial charge in [0, 0.05) is 24.1 Å². The van der Waals surface area contributed by atoms with Crippen LogP contribution in [0.25, 0.3) is 0 Å². The normalized spacial score (nSPS) is 16.3. The van der Waals surface area contributed by atoms with E-state index in [0.717, 1.165) is 22.6 Å². The van der Waals surface area contributed by atoms with Crippen molar-refractivity contribution in [3.05, 3.63) is 53.1 Å². The molecule has 126 valence electrons. The highest BCUT2D eigenvalue weighted by Crippen LogP contribution is 2.43. The standard InChI is InChI=1S/C20H23NO3/c1-4-23-18-10-16-15(14-8-6-7-13(3)9-14)11-20(22)21-17(16)12-19(18)24-5-2/h6-10,12,15H,4-5,11H2,1-3H3,(H,21,22). The number of rotatable bonds is 5. The van der Waals surface area contributed by atoms with Crippen molar-refractivity contribution in [1.29, 1.82) is 0 Å².